The number of benzene rings is 1. The second-order valence-electron chi connectivity index (χ2n) is 9.26. The molecule has 0 amide bonds. The molecule has 4 heterocycles. The quantitative estimate of drug-likeness (QED) is 0.219. The Bertz CT molecular complexity index is 1520. The van der Waals surface area contributed by atoms with E-state index in [2.05, 4.69) is 74.1 Å². The van der Waals surface area contributed by atoms with E-state index in [9.17, 15) is 35.9 Å². The van der Waals surface area contributed by atoms with Gasteiger partial charge in [0.05, 0.1) is 11.4 Å². The van der Waals surface area contributed by atoms with Crippen LogP contribution in [0.5, 0.6) is 0 Å². The summed E-state index contributed by atoms with van der Waals surface area (Å²) in [6.45, 7) is 4.54. The van der Waals surface area contributed by atoms with Crippen molar-refractivity contribution in [3.8, 4) is 0 Å². The van der Waals surface area contributed by atoms with Crippen LogP contribution < -0.4 is 5.30 Å². The molecule has 2 aliphatic heterocycles. The van der Waals surface area contributed by atoms with Crippen LogP contribution >= 0.6 is 7.92 Å². The third-order valence-corrected chi connectivity index (χ3v) is 7.30. The van der Waals surface area contributed by atoms with E-state index in [4.69, 9.17) is 10.2 Å². The summed E-state index contributed by atoms with van der Waals surface area (Å²) in [5, 5.41) is 31.2. The molecule has 0 saturated heterocycles. The molecule has 2 aromatic heterocycles. The van der Waals surface area contributed by atoms with Gasteiger partial charge in [-0.05, 0) is 55.1 Å². The van der Waals surface area contributed by atoms with Gasteiger partial charge in [0.1, 0.15) is 11.4 Å². The molecule has 5 rings (SSSR count). The van der Waals surface area contributed by atoms with Crippen LogP contribution in [-0.2, 0) is 29.4 Å². The molecule has 46 heavy (non-hydrogen) atoms. The summed E-state index contributed by atoms with van der Waals surface area (Å²) in [6, 6.07) is 19.7. The SMILES string of the molecule is CP(C)c1ccccc1.O=C(O)C1(C(F)(F)F)C=C(c2ccccn2)N=N1.O=C(O)C1(C(F)(F)F)C=C(c2ccccn2)N=N1.[Os]. The van der Waals surface area contributed by atoms with Crippen molar-refractivity contribution in [3.05, 3.63) is 103 Å². The molecule has 244 valence electrons. The van der Waals surface area contributed by atoms with Crippen molar-refractivity contribution in [2.24, 2.45) is 20.5 Å². The Hall–Kier alpha value is -4.21. The Morgan fingerprint density at radius 3 is 1.26 bits per heavy atom. The van der Waals surface area contributed by atoms with E-state index < -0.39 is 35.4 Å². The number of pyridine rings is 2. The van der Waals surface area contributed by atoms with Crippen LogP contribution in [-0.4, -0.2) is 68.9 Å². The number of alkyl halides is 6. The molecule has 2 aliphatic rings. The summed E-state index contributed by atoms with van der Waals surface area (Å²) in [5.41, 5.74) is -6.80. The summed E-state index contributed by atoms with van der Waals surface area (Å²) in [6.07, 6.45) is -6.48. The van der Waals surface area contributed by atoms with E-state index in [0.717, 1.165) is 0 Å². The van der Waals surface area contributed by atoms with E-state index in [1.165, 1.54) is 29.8 Å². The number of nitrogens with zero attached hydrogens (tertiary/aromatic N) is 6. The van der Waals surface area contributed by atoms with Crippen molar-refractivity contribution >= 4 is 36.6 Å². The third-order valence-electron chi connectivity index (χ3n) is 5.97. The molecule has 0 radical (unpaired) electrons. The van der Waals surface area contributed by atoms with Gasteiger partial charge in [0.15, 0.2) is 0 Å². The fourth-order valence-electron chi connectivity index (χ4n) is 3.51. The second kappa shape index (κ2) is 15.4. The Morgan fingerprint density at radius 1 is 0.652 bits per heavy atom. The van der Waals surface area contributed by atoms with Gasteiger partial charge in [0.2, 0.25) is 0 Å². The number of aliphatic carboxylic acids is 2. The van der Waals surface area contributed by atoms with Gasteiger partial charge in [0, 0.05) is 32.2 Å². The topological polar surface area (TPSA) is 150 Å². The molecule has 2 atom stereocenters. The molecule has 0 fully saturated rings. The Balaban J connectivity index is 0.000000251. The first-order valence-electron chi connectivity index (χ1n) is 12.5. The first kappa shape index (κ1) is 38.0. The van der Waals surface area contributed by atoms with Crippen molar-refractivity contribution in [3.63, 3.8) is 0 Å². The number of carbonyl (C=O) groups is 2. The molecule has 2 N–H and O–H groups in total. The summed E-state index contributed by atoms with van der Waals surface area (Å²) >= 11 is 0. The minimum Gasteiger partial charge on any atom is -0.479 e. The number of carboxylic acid groups (broad SMARTS) is 2. The van der Waals surface area contributed by atoms with E-state index in [0.29, 0.717) is 12.2 Å². The summed E-state index contributed by atoms with van der Waals surface area (Å²) in [7, 11) is 0.104. The molecular weight excluding hydrogens is 820 g/mol. The van der Waals surface area contributed by atoms with Gasteiger partial charge in [-0.15, -0.1) is 0 Å². The van der Waals surface area contributed by atoms with Gasteiger partial charge in [-0.2, -0.15) is 46.8 Å². The maximum Gasteiger partial charge on any atom is 0.430 e. The third kappa shape index (κ3) is 8.53. The molecule has 0 spiro atoms. The first-order chi connectivity index (χ1) is 21.0. The van der Waals surface area contributed by atoms with E-state index in [1.54, 1.807) is 24.3 Å². The van der Waals surface area contributed by atoms with Crippen LogP contribution in [0.2, 0.25) is 0 Å². The van der Waals surface area contributed by atoms with E-state index in [-0.39, 0.29) is 50.5 Å². The van der Waals surface area contributed by atoms with Crippen molar-refractivity contribution in [1.82, 2.24) is 9.97 Å². The molecule has 18 heteroatoms. The predicted octanol–water partition coefficient (Wildman–Crippen LogP) is 6.60. The Labute approximate surface area is 271 Å². The normalized spacial score (nSPS) is 19.9. The maximum absolute atomic E-state index is 12.8. The van der Waals surface area contributed by atoms with Gasteiger partial charge in [0.25, 0.3) is 11.1 Å². The molecule has 0 bridgehead atoms. The van der Waals surface area contributed by atoms with E-state index in [1.807, 2.05) is 0 Å². The molecule has 1 aromatic carbocycles. The van der Waals surface area contributed by atoms with E-state index >= 15 is 0 Å². The number of carboxylic acids is 2. The van der Waals surface area contributed by atoms with Crippen molar-refractivity contribution in [1.29, 1.82) is 0 Å². The van der Waals surface area contributed by atoms with Gasteiger partial charge in [-0.3, -0.25) is 9.97 Å². The average Bonchev–Trinajstić information content (AvgIpc) is 3.67. The molecule has 0 aliphatic carbocycles. The summed E-state index contributed by atoms with van der Waals surface area (Å²) < 4.78 is 76.5. The minimum atomic E-state index is -5.06. The zero-order chi connectivity index (χ0) is 33.5. The number of hydrogen-bond donors (Lipinski definition) is 2. The second-order valence-corrected chi connectivity index (χ2v) is 11.6. The molecular formula is C28H23F6N6O4OsP. The number of azo groups is 2. The summed E-state index contributed by atoms with van der Waals surface area (Å²) in [4.78, 5) is 29.2. The van der Waals surface area contributed by atoms with Crippen LogP contribution in [0.15, 0.2) is 112 Å². The monoisotopic (exact) mass is 844 g/mol. The van der Waals surface area contributed by atoms with Crippen LogP contribution in [0, 0.1) is 0 Å². The number of rotatable bonds is 5. The van der Waals surface area contributed by atoms with Gasteiger partial charge in [-0.1, -0.05) is 50.4 Å². The van der Waals surface area contributed by atoms with Crippen LogP contribution in [0.25, 0.3) is 11.4 Å². The predicted molar refractivity (Wildman–Crippen MR) is 152 cm³/mol. The molecule has 0 saturated carbocycles. The van der Waals surface area contributed by atoms with Crippen molar-refractivity contribution in [2.45, 2.75) is 23.4 Å². The van der Waals surface area contributed by atoms with Gasteiger partial charge < -0.3 is 10.2 Å². The fourth-order valence-corrected chi connectivity index (χ4v) is 4.28. The van der Waals surface area contributed by atoms with Crippen molar-refractivity contribution in [2.75, 3.05) is 13.3 Å². The van der Waals surface area contributed by atoms with Gasteiger partial charge >= 0.3 is 24.3 Å². The van der Waals surface area contributed by atoms with Crippen LogP contribution in [0.1, 0.15) is 11.4 Å². The van der Waals surface area contributed by atoms with Crippen molar-refractivity contribution < 1.29 is 65.9 Å². The smallest absolute Gasteiger partial charge is 0.430 e. The zero-order valence-electron chi connectivity index (χ0n) is 23.6. The first-order valence-corrected chi connectivity index (χ1v) is 14.7. The Kier molecular flexibility index (Phi) is 12.7. The molecule has 3 aromatic rings. The van der Waals surface area contributed by atoms with Gasteiger partial charge in [-0.25, -0.2) is 9.59 Å². The molecule has 2 unspecified atom stereocenters. The molecule has 10 nitrogen and oxygen atoms in total. The zero-order valence-corrected chi connectivity index (χ0v) is 27.1. The largest absolute Gasteiger partial charge is 0.479 e. The minimum absolute atomic E-state index is 0. The van der Waals surface area contributed by atoms with Crippen LogP contribution in [0.3, 0.4) is 0 Å². The number of halogens is 6. The summed E-state index contributed by atoms with van der Waals surface area (Å²) in [5.74, 6) is -4.24. The average molecular weight is 843 g/mol. The Morgan fingerprint density at radius 2 is 1.02 bits per heavy atom. The fraction of sp³-hybridized carbons (Fsp3) is 0.214. The number of hydrogen-bond acceptors (Lipinski definition) is 8. The van der Waals surface area contributed by atoms with Crippen LogP contribution in [0.4, 0.5) is 26.3 Å². The number of aromatic nitrogens is 2. The maximum atomic E-state index is 12.8. The standard InChI is InChI=1S/2C10H6F3N3O2.C8H11P.Os/c2*11-10(12,13)9(8(17)18)5-7(15-16-9)6-3-1-2-4-14-6;1-9(2)8-6-4-3-5-7-8;/h2*1-5H,(H,17,18);3-7H,1-2H3;.